The number of nitrogens with zero attached hydrogens (tertiary/aromatic N) is 2. The molecule has 2 aromatic rings. The first-order valence-electron chi connectivity index (χ1n) is 9.14. The van der Waals surface area contributed by atoms with E-state index in [2.05, 4.69) is 16.8 Å². The van der Waals surface area contributed by atoms with Crippen LogP contribution in [-0.4, -0.2) is 61.8 Å². The molecule has 3 N–H and O–H groups in total. The zero-order valence-electron chi connectivity index (χ0n) is 15.6. The van der Waals surface area contributed by atoms with Crippen LogP contribution in [-0.2, 0) is 4.74 Å². The molecule has 2 amide bonds. The van der Waals surface area contributed by atoms with Crippen LogP contribution in [0.25, 0.3) is 0 Å². The Hall–Kier alpha value is -3.52. The van der Waals surface area contributed by atoms with Gasteiger partial charge in [-0.15, -0.1) is 0 Å². The van der Waals surface area contributed by atoms with Gasteiger partial charge in [-0.1, -0.05) is 24.0 Å². The average Bonchev–Trinajstić information content (AvgIpc) is 3.22. The van der Waals surface area contributed by atoms with Gasteiger partial charge in [-0.3, -0.25) is 28.8 Å². The third-order valence-electron chi connectivity index (χ3n) is 5.00. The van der Waals surface area contributed by atoms with Crippen molar-refractivity contribution in [3.63, 3.8) is 0 Å². The third kappa shape index (κ3) is 3.35. The molecule has 4 rings (SSSR count). The van der Waals surface area contributed by atoms with Gasteiger partial charge in [-0.05, 0) is 12.1 Å². The minimum atomic E-state index is -0.956. The second-order valence-electron chi connectivity index (χ2n) is 6.87. The highest BCUT2D eigenvalue weighted by Gasteiger charge is 2.35. The second-order valence-corrected chi connectivity index (χ2v) is 6.87. The highest BCUT2D eigenvalue weighted by atomic mass is 16.5. The molecule has 10 heteroatoms. The highest BCUT2D eigenvalue weighted by Crippen LogP contribution is 2.27. The molecule has 0 bridgehead atoms. The Bertz CT molecular complexity index is 1170. The number of fused-ring (bicyclic) bond motifs is 1. The maximum atomic E-state index is 12.3. The van der Waals surface area contributed by atoms with E-state index in [-0.39, 0.29) is 18.5 Å². The summed E-state index contributed by atoms with van der Waals surface area (Å²) in [4.78, 5) is 52.0. The SMILES string of the molecule is O=C1c2ccccc2C(=O)N1CC#Cc1cn([C@H]2C[C@H](O)[C@@H](CO)O2)c(=O)[nH]c1=O. The van der Waals surface area contributed by atoms with E-state index in [4.69, 9.17) is 4.74 Å². The molecular weight excluding hydrogens is 394 g/mol. The number of hydrogen-bond donors (Lipinski definition) is 3. The smallest absolute Gasteiger partial charge is 0.330 e. The maximum absolute atomic E-state index is 12.3. The van der Waals surface area contributed by atoms with Crippen LogP contribution in [0, 0.1) is 11.8 Å². The Labute approximate surface area is 169 Å². The van der Waals surface area contributed by atoms with Gasteiger partial charge in [-0.2, -0.15) is 0 Å². The topological polar surface area (TPSA) is 142 Å². The maximum Gasteiger partial charge on any atom is 0.330 e. The predicted molar refractivity (Wildman–Crippen MR) is 102 cm³/mol. The number of benzene rings is 1. The molecule has 0 saturated carbocycles. The zero-order valence-corrected chi connectivity index (χ0v) is 15.6. The largest absolute Gasteiger partial charge is 0.394 e. The number of hydrogen-bond acceptors (Lipinski definition) is 7. The highest BCUT2D eigenvalue weighted by molar-refractivity contribution is 6.21. The number of carbonyl (C=O) groups excluding carboxylic acids is 2. The van der Waals surface area contributed by atoms with Crippen molar-refractivity contribution in [2.24, 2.45) is 0 Å². The van der Waals surface area contributed by atoms with Crippen LogP contribution in [0.2, 0.25) is 0 Å². The molecule has 0 spiro atoms. The first-order valence-corrected chi connectivity index (χ1v) is 9.14. The van der Waals surface area contributed by atoms with Crippen molar-refractivity contribution >= 4 is 11.8 Å². The normalized spacial score (nSPS) is 22.7. The summed E-state index contributed by atoms with van der Waals surface area (Å²) < 4.78 is 6.51. The summed E-state index contributed by atoms with van der Waals surface area (Å²) in [5.74, 6) is 4.25. The summed E-state index contributed by atoms with van der Waals surface area (Å²) in [6.45, 7) is -0.640. The van der Waals surface area contributed by atoms with Crippen molar-refractivity contribution in [2.75, 3.05) is 13.2 Å². The summed E-state index contributed by atoms with van der Waals surface area (Å²) >= 11 is 0. The number of imide groups is 1. The second kappa shape index (κ2) is 7.72. The van der Waals surface area contributed by atoms with Crippen LogP contribution in [0.15, 0.2) is 40.1 Å². The minimum absolute atomic E-state index is 0.0546. The van der Waals surface area contributed by atoms with E-state index in [9.17, 15) is 29.4 Å². The van der Waals surface area contributed by atoms with E-state index in [0.29, 0.717) is 11.1 Å². The number of H-pyrrole nitrogens is 1. The van der Waals surface area contributed by atoms with Gasteiger partial charge in [0, 0.05) is 12.6 Å². The minimum Gasteiger partial charge on any atom is -0.394 e. The first-order chi connectivity index (χ1) is 14.4. The van der Waals surface area contributed by atoms with Gasteiger partial charge in [-0.25, -0.2) is 4.79 Å². The summed E-state index contributed by atoms with van der Waals surface area (Å²) in [6, 6.07) is 6.43. The molecule has 3 atom stereocenters. The van der Waals surface area contributed by atoms with Crippen molar-refractivity contribution < 1.29 is 24.5 Å². The molecule has 1 aromatic carbocycles. The molecule has 30 heavy (non-hydrogen) atoms. The Morgan fingerprint density at radius 3 is 2.40 bits per heavy atom. The molecule has 2 aliphatic heterocycles. The molecule has 1 fully saturated rings. The van der Waals surface area contributed by atoms with E-state index in [1.165, 1.54) is 6.20 Å². The van der Waals surface area contributed by atoms with Crippen LogP contribution in [0.4, 0.5) is 0 Å². The van der Waals surface area contributed by atoms with Crippen molar-refractivity contribution in [1.82, 2.24) is 14.5 Å². The quantitative estimate of drug-likeness (QED) is 0.427. The van der Waals surface area contributed by atoms with Crippen molar-refractivity contribution in [2.45, 2.75) is 24.9 Å². The number of amides is 2. The molecule has 10 nitrogen and oxygen atoms in total. The molecule has 0 aliphatic carbocycles. The van der Waals surface area contributed by atoms with Gasteiger partial charge in [0.25, 0.3) is 17.4 Å². The molecule has 1 saturated heterocycles. The number of aliphatic hydroxyl groups excluding tert-OH is 2. The van der Waals surface area contributed by atoms with Crippen LogP contribution in [0.1, 0.15) is 38.9 Å². The summed E-state index contributed by atoms with van der Waals surface area (Å²) in [5.41, 5.74) is -0.959. The lowest BCUT2D eigenvalue weighted by atomic mass is 10.1. The fraction of sp³-hybridized carbons (Fsp3) is 0.300. The number of aromatic nitrogens is 2. The van der Waals surface area contributed by atoms with E-state index < -0.39 is 48.1 Å². The van der Waals surface area contributed by atoms with Gasteiger partial charge < -0.3 is 14.9 Å². The third-order valence-corrected chi connectivity index (χ3v) is 5.00. The lowest BCUT2D eigenvalue weighted by molar-refractivity contribution is -0.0459. The van der Waals surface area contributed by atoms with Gasteiger partial charge in [0.05, 0.1) is 30.4 Å². The number of aliphatic hydroxyl groups is 2. The summed E-state index contributed by atoms with van der Waals surface area (Å²) in [5, 5.41) is 19.0. The molecule has 2 aliphatic rings. The summed E-state index contributed by atoms with van der Waals surface area (Å²) in [6.07, 6.45) is -1.43. The van der Waals surface area contributed by atoms with E-state index in [1.807, 2.05) is 0 Å². The summed E-state index contributed by atoms with van der Waals surface area (Å²) in [7, 11) is 0. The molecule has 154 valence electrons. The number of carbonyl (C=O) groups is 2. The Morgan fingerprint density at radius 1 is 1.13 bits per heavy atom. The number of rotatable bonds is 3. The monoisotopic (exact) mass is 411 g/mol. The first kappa shape index (κ1) is 19.8. The zero-order chi connectivity index (χ0) is 21.4. The number of nitrogens with one attached hydrogen (secondary N) is 1. The molecule has 3 heterocycles. The standard InChI is InChI=1S/C20H17N3O7/c24-10-15-14(25)8-16(30-15)23-9-11(17(26)21-20(23)29)4-3-7-22-18(27)12-5-1-2-6-13(12)19(22)28/h1-2,5-6,9,14-16,24-25H,7-8,10H2,(H,21,26,29)/t14-,15+,16+/m0/s1. The van der Waals surface area contributed by atoms with Crippen molar-refractivity contribution in [3.8, 4) is 11.8 Å². The molecular formula is C20H17N3O7. The van der Waals surface area contributed by atoms with Gasteiger partial charge in [0.2, 0.25) is 0 Å². The van der Waals surface area contributed by atoms with Gasteiger partial charge >= 0.3 is 5.69 Å². The van der Waals surface area contributed by atoms with Crippen LogP contribution in [0.5, 0.6) is 0 Å². The van der Waals surface area contributed by atoms with Gasteiger partial charge in [0.1, 0.15) is 17.9 Å². The molecule has 1 aromatic heterocycles. The Kier molecular flexibility index (Phi) is 5.09. The average molecular weight is 411 g/mol. The number of aromatic amines is 1. The van der Waals surface area contributed by atoms with Crippen molar-refractivity contribution in [3.05, 3.63) is 68.0 Å². The van der Waals surface area contributed by atoms with E-state index >= 15 is 0 Å². The predicted octanol–water partition coefficient (Wildman–Crippen LogP) is -1.17. The van der Waals surface area contributed by atoms with Crippen molar-refractivity contribution in [1.29, 1.82) is 0 Å². The lowest BCUT2D eigenvalue weighted by Crippen LogP contribution is -2.34. The molecule has 0 unspecified atom stereocenters. The fourth-order valence-corrected chi connectivity index (χ4v) is 3.44. The molecule has 0 radical (unpaired) electrons. The number of ether oxygens (including phenoxy) is 1. The van der Waals surface area contributed by atoms with Crippen LogP contribution < -0.4 is 11.2 Å². The van der Waals surface area contributed by atoms with Gasteiger partial charge in [0.15, 0.2) is 0 Å². The lowest BCUT2D eigenvalue weighted by Gasteiger charge is -2.14. The van der Waals surface area contributed by atoms with Crippen LogP contribution >= 0.6 is 0 Å². The fourth-order valence-electron chi connectivity index (χ4n) is 3.44. The van der Waals surface area contributed by atoms with E-state index in [0.717, 1.165) is 9.47 Å². The van der Waals surface area contributed by atoms with E-state index in [1.54, 1.807) is 24.3 Å². The Balaban J connectivity index is 1.56. The van der Waals surface area contributed by atoms with Crippen LogP contribution in [0.3, 0.4) is 0 Å². The Morgan fingerprint density at radius 2 is 1.80 bits per heavy atom.